The van der Waals surface area contributed by atoms with Gasteiger partial charge in [-0.3, -0.25) is 4.79 Å². The molecule has 2 aromatic rings. The Balaban J connectivity index is 1.59. The Morgan fingerprint density at radius 3 is 2.56 bits per heavy atom. The number of hydrogen-bond acceptors (Lipinski definition) is 5. The summed E-state index contributed by atoms with van der Waals surface area (Å²) < 4.78 is 23.0. The molecular formula is C18H21N3O3S. The Bertz CT molecular complexity index is 836. The number of pyridine rings is 1. The quantitative estimate of drug-likeness (QED) is 0.854. The van der Waals surface area contributed by atoms with Gasteiger partial charge in [0.2, 0.25) is 0 Å². The van der Waals surface area contributed by atoms with Crippen LogP contribution in [0.15, 0.2) is 48.7 Å². The average molecular weight is 359 g/mol. The fourth-order valence-electron chi connectivity index (χ4n) is 2.84. The maximum absolute atomic E-state index is 12.3. The van der Waals surface area contributed by atoms with Gasteiger partial charge >= 0.3 is 0 Å². The summed E-state index contributed by atoms with van der Waals surface area (Å²) in [7, 11) is -2.93. The molecule has 1 aromatic carbocycles. The van der Waals surface area contributed by atoms with Crippen molar-refractivity contribution in [1.82, 2.24) is 10.3 Å². The zero-order valence-electron chi connectivity index (χ0n) is 14.0. The van der Waals surface area contributed by atoms with Crippen LogP contribution in [0.4, 0.5) is 5.82 Å². The lowest BCUT2D eigenvalue weighted by atomic mass is 10.1. The summed E-state index contributed by atoms with van der Waals surface area (Å²) in [6, 6.07) is 12.9. The van der Waals surface area contributed by atoms with E-state index in [-0.39, 0.29) is 29.5 Å². The standard InChI is InChI=1S/C18H21N3O3S/c1-13(14-5-3-2-4-6-14)20-18(22)15-7-8-17(19-11-15)21-16-9-10-25(23,24)12-16/h2-8,11,13,16H,9-10,12H2,1H3,(H,19,21)(H,20,22). The maximum atomic E-state index is 12.3. The molecule has 2 unspecified atom stereocenters. The Morgan fingerprint density at radius 2 is 1.96 bits per heavy atom. The van der Waals surface area contributed by atoms with E-state index in [1.807, 2.05) is 37.3 Å². The number of hydrogen-bond donors (Lipinski definition) is 2. The van der Waals surface area contributed by atoms with Crippen LogP contribution in [0.1, 0.15) is 35.3 Å². The first-order valence-corrected chi connectivity index (χ1v) is 10.0. The van der Waals surface area contributed by atoms with Gasteiger partial charge in [-0.05, 0) is 31.0 Å². The minimum atomic E-state index is -2.93. The van der Waals surface area contributed by atoms with E-state index in [1.54, 1.807) is 12.1 Å². The fourth-order valence-corrected chi connectivity index (χ4v) is 4.51. The molecule has 1 saturated heterocycles. The molecule has 132 valence electrons. The highest BCUT2D eigenvalue weighted by Crippen LogP contribution is 2.17. The first-order chi connectivity index (χ1) is 11.9. The van der Waals surface area contributed by atoms with Crippen molar-refractivity contribution in [1.29, 1.82) is 0 Å². The summed E-state index contributed by atoms with van der Waals surface area (Å²) in [4.78, 5) is 16.5. The Hall–Kier alpha value is -2.41. The largest absolute Gasteiger partial charge is 0.366 e. The zero-order chi connectivity index (χ0) is 17.9. The highest BCUT2D eigenvalue weighted by molar-refractivity contribution is 7.91. The molecule has 1 aromatic heterocycles. The van der Waals surface area contributed by atoms with Gasteiger partial charge in [0.15, 0.2) is 9.84 Å². The number of anilines is 1. The van der Waals surface area contributed by atoms with Gasteiger partial charge in [0.05, 0.1) is 23.1 Å². The molecule has 2 N–H and O–H groups in total. The Labute approximate surface area is 147 Å². The number of rotatable bonds is 5. The van der Waals surface area contributed by atoms with Gasteiger partial charge in [0.25, 0.3) is 5.91 Å². The van der Waals surface area contributed by atoms with Crippen LogP contribution in [0.25, 0.3) is 0 Å². The molecule has 0 bridgehead atoms. The van der Waals surface area contributed by atoms with Gasteiger partial charge in [0.1, 0.15) is 5.82 Å². The molecule has 3 rings (SSSR count). The molecule has 25 heavy (non-hydrogen) atoms. The van der Waals surface area contributed by atoms with Gasteiger partial charge < -0.3 is 10.6 Å². The second kappa shape index (κ2) is 7.23. The van der Waals surface area contributed by atoms with Crippen LogP contribution < -0.4 is 10.6 Å². The number of carbonyl (C=O) groups is 1. The molecular weight excluding hydrogens is 338 g/mol. The van der Waals surface area contributed by atoms with E-state index in [0.717, 1.165) is 5.56 Å². The summed E-state index contributed by atoms with van der Waals surface area (Å²) in [5.74, 6) is 0.724. The molecule has 0 spiro atoms. The van der Waals surface area contributed by atoms with Crippen LogP contribution in [0, 0.1) is 0 Å². The van der Waals surface area contributed by atoms with E-state index in [4.69, 9.17) is 0 Å². The van der Waals surface area contributed by atoms with E-state index in [2.05, 4.69) is 15.6 Å². The molecule has 1 aliphatic rings. The third kappa shape index (κ3) is 4.57. The van der Waals surface area contributed by atoms with Crippen LogP contribution in [0.5, 0.6) is 0 Å². The third-order valence-corrected chi connectivity index (χ3v) is 6.03. The topological polar surface area (TPSA) is 88.2 Å². The third-order valence-electron chi connectivity index (χ3n) is 4.26. The number of nitrogens with zero attached hydrogens (tertiary/aromatic N) is 1. The summed E-state index contributed by atoms with van der Waals surface area (Å²) in [6.07, 6.45) is 2.08. The van der Waals surface area contributed by atoms with Crippen molar-refractivity contribution < 1.29 is 13.2 Å². The minimum absolute atomic E-state index is 0.102. The first-order valence-electron chi connectivity index (χ1n) is 8.22. The van der Waals surface area contributed by atoms with Crippen molar-refractivity contribution in [2.45, 2.75) is 25.4 Å². The van der Waals surface area contributed by atoms with Crippen LogP contribution in [-0.2, 0) is 9.84 Å². The van der Waals surface area contributed by atoms with E-state index in [0.29, 0.717) is 17.8 Å². The Morgan fingerprint density at radius 1 is 1.20 bits per heavy atom. The van der Waals surface area contributed by atoms with Crippen molar-refractivity contribution >= 4 is 21.6 Å². The van der Waals surface area contributed by atoms with Gasteiger partial charge in [-0.25, -0.2) is 13.4 Å². The lowest BCUT2D eigenvalue weighted by Crippen LogP contribution is -2.27. The van der Waals surface area contributed by atoms with E-state index in [1.165, 1.54) is 6.20 Å². The summed E-state index contributed by atoms with van der Waals surface area (Å²) >= 11 is 0. The average Bonchev–Trinajstić information content (AvgIpc) is 2.94. The molecule has 1 amide bonds. The van der Waals surface area contributed by atoms with Crippen molar-refractivity contribution in [2.24, 2.45) is 0 Å². The maximum Gasteiger partial charge on any atom is 0.253 e. The molecule has 2 heterocycles. The SMILES string of the molecule is CC(NC(=O)c1ccc(NC2CCS(=O)(=O)C2)nc1)c1ccccc1. The summed E-state index contributed by atoms with van der Waals surface area (Å²) in [5, 5.41) is 6.04. The lowest BCUT2D eigenvalue weighted by molar-refractivity contribution is 0.0939. The van der Waals surface area contributed by atoms with Crippen molar-refractivity contribution in [3.8, 4) is 0 Å². The number of aromatic nitrogens is 1. The van der Waals surface area contributed by atoms with Crippen LogP contribution >= 0.6 is 0 Å². The molecule has 1 aliphatic heterocycles. The van der Waals surface area contributed by atoms with Crippen LogP contribution in [-0.4, -0.2) is 36.9 Å². The molecule has 6 nitrogen and oxygen atoms in total. The molecule has 7 heteroatoms. The van der Waals surface area contributed by atoms with Gasteiger partial charge in [-0.2, -0.15) is 0 Å². The number of amides is 1. The van der Waals surface area contributed by atoms with Crippen molar-refractivity contribution in [2.75, 3.05) is 16.8 Å². The van der Waals surface area contributed by atoms with E-state index < -0.39 is 9.84 Å². The van der Waals surface area contributed by atoms with Crippen LogP contribution in [0.2, 0.25) is 0 Å². The van der Waals surface area contributed by atoms with Gasteiger partial charge in [-0.15, -0.1) is 0 Å². The number of benzene rings is 1. The van der Waals surface area contributed by atoms with Crippen LogP contribution in [0.3, 0.4) is 0 Å². The van der Waals surface area contributed by atoms with Gasteiger partial charge in [-0.1, -0.05) is 30.3 Å². The smallest absolute Gasteiger partial charge is 0.253 e. The highest BCUT2D eigenvalue weighted by atomic mass is 32.2. The van der Waals surface area contributed by atoms with E-state index in [9.17, 15) is 13.2 Å². The molecule has 2 atom stereocenters. The van der Waals surface area contributed by atoms with Crippen molar-refractivity contribution in [3.05, 3.63) is 59.8 Å². The van der Waals surface area contributed by atoms with E-state index >= 15 is 0 Å². The lowest BCUT2D eigenvalue weighted by Gasteiger charge is -2.15. The first kappa shape index (κ1) is 17.4. The number of sulfone groups is 1. The summed E-state index contributed by atoms with van der Waals surface area (Å²) in [6.45, 7) is 1.93. The second-order valence-electron chi connectivity index (χ2n) is 6.28. The number of carbonyl (C=O) groups excluding carboxylic acids is 1. The highest BCUT2D eigenvalue weighted by Gasteiger charge is 2.27. The molecule has 0 aliphatic carbocycles. The fraction of sp³-hybridized carbons (Fsp3) is 0.333. The van der Waals surface area contributed by atoms with Crippen molar-refractivity contribution in [3.63, 3.8) is 0 Å². The summed E-state index contributed by atoms with van der Waals surface area (Å²) in [5.41, 5.74) is 1.50. The predicted molar refractivity (Wildman–Crippen MR) is 97.2 cm³/mol. The number of nitrogens with one attached hydrogen (secondary N) is 2. The second-order valence-corrected chi connectivity index (χ2v) is 8.51. The zero-order valence-corrected chi connectivity index (χ0v) is 14.8. The molecule has 0 saturated carbocycles. The Kier molecular flexibility index (Phi) is 5.03. The normalized spacial score (nSPS) is 20.0. The molecule has 1 fully saturated rings. The van der Waals surface area contributed by atoms with Gasteiger partial charge in [0, 0.05) is 12.2 Å². The monoisotopic (exact) mass is 359 g/mol. The molecule has 0 radical (unpaired) electrons. The predicted octanol–water partition coefficient (Wildman–Crippen LogP) is 2.17. The minimum Gasteiger partial charge on any atom is -0.366 e.